The molecule has 0 aromatic heterocycles. The standard InChI is InChI=1S/C16H22N2O2/c1-19-16-5-2-4-14(12-16)13-18(9-3-8-17)15-6-10-20-11-7-15/h2,4-5,12,15H,3,6-7,9-11,13H2,1H3. The smallest absolute Gasteiger partial charge is 0.119 e. The molecule has 0 aliphatic carbocycles. The molecule has 108 valence electrons. The maximum atomic E-state index is 8.84. The molecule has 1 aromatic rings. The molecule has 0 saturated carbocycles. The first-order chi connectivity index (χ1) is 9.83. The van der Waals surface area contributed by atoms with Crippen molar-refractivity contribution in [1.82, 2.24) is 4.90 Å². The first-order valence-corrected chi connectivity index (χ1v) is 7.15. The van der Waals surface area contributed by atoms with Gasteiger partial charge in [-0.25, -0.2) is 0 Å². The van der Waals surface area contributed by atoms with Gasteiger partial charge in [-0.1, -0.05) is 12.1 Å². The van der Waals surface area contributed by atoms with Crippen molar-refractivity contribution in [2.24, 2.45) is 0 Å². The van der Waals surface area contributed by atoms with Crippen molar-refractivity contribution in [1.29, 1.82) is 5.26 Å². The zero-order valence-electron chi connectivity index (χ0n) is 12.0. The normalized spacial score (nSPS) is 16.1. The van der Waals surface area contributed by atoms with Crippen LogP contribution >= 0.6 is 0 Å². The fourth-order valence-corrected chi connectivity index (χ4v) is 2.64. The first-order valence-electron chi connectivity index (χ1n) is 7.15. The van der Waals surface area contributed by atoms with Gasteiger partial charge in [0.25, 0.3) is 0 Å². The summed E-state index contributed by atoms with van der Waals surface area (Å²) in [6.45, 7) is 3.33. The van der Waals surface area contributed by atoms with Crippen LogP contribution in [0.4, 0.5) is 0 Å². The SMILES string of the molecule is COc1cccc(CN(CCC#N)C2CCOCC2)c1. The van der Waals surface area contributed by atoms with Crippen LogP contribution < -0.4 is 4.74 Å². The summed E-state index contributed by atoms with van der Waals surface area (Å²) in [6, 6.07) is 10.9. The highest BCUT2D eigenvalue weighted by Crippen LogP contribution is 2.20. The molecule has 0 bridgehead atoms. The van der Waals surface area contributed by atoms with Crippen molar-refractivity contribution in [3.05, 3.63) is 29.8 Å². The molecule has 1 saturated heterocycles. The second-order valence-electron chi connectivity index (χ2n) is 5.07. The Kier molecular flexibility index (Phi) is 5.85. The molecule has 0 atom stereocenters. The van der Waals surface area contributed by atoms with Crippen molar-refractivity contribution in [2.75, 3.05) is 26.9 Å². The molecule has 1 aromatic carbocycles. The minimum Gasteiger partial charge on any atom is -0.497 e. The van der Waals surface area contributed by atoms with Gasteiger partial charge in [0, 0.05) is 38.8 Å². The van der Waals surface area contributed by atoms with Crippen LogP contribution in [0.25, 0.3) is 0 Å². The third-order valence-corrected chi connectivity index (χ3v) is 3.74. The molecular weight excluding hydrogens is 252 g/mol. The maximum Gasteiger partial charge on any atom is 0.119 e. The fraction of sp³-hybridized carbons (Fsp3) is 0.562. The number of hydrogen-bond donors (Lipinski definition) is 0. The summed E-state index contributed by atoms with van der Waals surface area (Å²) in [5, 5.41) is 8.84. The fourth-order valence-electron chi connectivity index (χ4n) is 2.64. The van der Waals surface area contributed by atoms with Crippen LogP contribution in [0.1, 0.15) is 24.8 Å². The van der Waals surface area contributed by atoms with Crippen LogP contribution in [0.5, 0.6) is 5.75 Å². The molecule has 20 heavy (non-hydrogen) atoms. The highest BCUT2D eigenvalue weighted by molar-refractivity contribution is 5.28. The minimum atomic E-state index is 0.517. The Hall–Kier alpha value is -1.57. The van der Waals surface area contributed by atoms with Crippen molar-refractivity contribution in [2.45, 2.75) is 31.8 Å². The summed E-state index contributed by atoms with van der Waals surface area (Å²) in [5.74, 6) is 0.884. The van der Waals surface area contributed by atoms with E-state index in [2.05, 4.69) is 23.1 Å². The largest absolute Gasteiger partial charge is 0.497 e. The number of ether oxygens (including phenoxy) is 2. The second-order valence-corrected chi connectivity index (χ2v) is 5.07. The molecule has 4 nitrogen and oxygen atoms in total. The summed E-state index contributed by atoms with van der Waals surface area (Å²) in [7, 11) is 1.69. The quantitative estimate of drug-likeness (QED) is 0.800. The molecule has 1 fully saturated rings. The lowest BCUT2D eigenvalue weighted by molar-refractivity contribution is 0.0317. The number of nitriles is 1. The van der Waals surface area contributed by atoms with Gasteiger partial charge in [0.05, 0.1) is 13.2 Å². The van der Waals surface area contributed by atoms with E-state index in [4.69, 9.17) is 14.7 Å². The van der Waals surface area contributed by atoms with E-state index in [-0.39, 0.29) is 0 Å². The predicted octanol–water partition coefficient (Wildman–Crippen LogP) is 2.59. The molecule has 1 heterocycles. The lowest BCUT2D eigenvalue weighted by Crippen LogP contribution is -2.39. The third kappa shape index (κ3) is 4.22. The van der Waals surface area contributed by atoms with E-state index in [0.29, 0.717) is 12.5 Å². The topological polar surface area (TPSA) is 45.5 Å². The summed E-state index contributed by atoms with van der Waals surface area (Å²) in [5.41, 5.74) is 1.23. The number of benzene rings is 1. The molecule has 0 N–H and O–H groups in total. The van der Waals surface area contributed by atoms with Gasteiger partial charge in [0.1, 0.15) is 5.75 Å². The number of hydrogen-bond acceptors (Lipinski definition) is 4. The minimum absolute atomic E-state index is 0.517. The van der Waals surface area contributed by atoms with Crippen LogP contribution in [-0.4, -0.2) is 37.8 Å². The Morgan fingerprint density at radius 1 is 1.40 bits per heavy atom. The Balaban J connectivity index is 2.03. The molecule has 2 rings (SSSR count). The van der Waals surface area contributed by atoms with Crippen LogP contribution in [0.2, 0.25) is 0 Å². The van der Waals surface area contributed by atoms with Crippen molar-refractivity contribution in [3.8, 4) is 11.8 Å². The highest BCUT2D eigenvalue weighted by atomic mass is 16.5. The third-order valence-electron chi connectivity index (χ3n) is 3.74. The van der Waals surface area contributed by atoms with E-state index in [0.717, 1.165) is 44.9 Å². The van der Waals surface area contributed by atoms with Gasteiger partial charge in [-0.15, -0.1) is 0 Å². The number of methoxy groups -OCH3 is 1. The van der Waals surface area contributed by atoms with E-state index < -0.39 is 0 Å². The molecule has 0 amide bonds. The Morgan fingerprint density at radius 3 is 2.90 bits per heavy atom. The van der Waals surface area contributed by atoms with Gasteiger partial charge >= 0.3 is 0 Å². The Morgan fingerprint density at radius 2 is 2.20 bits per heavy atom. The second kappa shape index (κ2) is 7.88. The highest BCUT2D eigenvalue weighted by Gasteiger charge is 2.21. The lowest BCUT2D eigenvalue weighted by Gasteiger charge is -2.34. The average molecular weight is 274 g/mol. The van der Waals surface area contributed by atoms with Crippen molar-refractivity contribution >= 4 is 0 Å². The number of nitrogens with zero attached hydrogens (tertiary/aromatic N) is 2. The molecule has 4 heteroatoms. The summed E-state index contributed by atoms with van der Waals surface area (Å²) >= 11 is 0. The van der Waals surface area contributed by atoms with Gasteiger partial charge in [0.15, 0.2) is 0 Å². The van der Waals surface area contributed by atoms with Gasteiger partial charge in [-0.05, 0) is 30.5 Å². The summed E-state index contributed by atoms with van der Waals surface area (Å²) in [6.07, 6.45) is 2.67. The van der Waals surface area contributed by atoms with E-state index in [1.165, 1.54) is 5.56 Å². The van der Waals surface area contributed by atoms with E-state index in [1.54, 1.807) is 7.11 Å². The number of rotatable bonds is 6. The van der Waals surface area contributed by atoms with E-state index in [9.17, 15) is 0 Å². The molecule has 0 unspecified atom stereocenters. The van der Waals surface area contributed by atoms with Gasteiger partial charge in [-0.3, -0.25) is 4.90 Å². The average Bonchev–Trinajstić information content (AvgIpc) is 2.52. The van der Waals surface area contributed by atoms with Gasteiger partial charge in [-0.2, -0.15) is 5.26 Å². The summed E-state index contributed by atoms with van der Waals surface area (Å²) in [4.78, 5) is 2.40. The Labute approximate surface area is 120 Å². The van der Waals surface area contributed by atoms with E-state index >= 15 is 0 Å². The lowest BCUT2D eigenvalue weighted by atomic mass is 10.1. The summed E-state index contributed by atoms with van der Waals surface area (Å²) < 4.78 is 10.7. The van der Waals surface area contributed by atoms with Crippen molar-refractivity contribution < 1.29 is 9.47 Å². The molecule has 0 spiro atoms. The molecule has 1 aliphatic heterocycles. The molecular formula is C16H22N2O2. The van der Waals surface area contributed by atoms with E-state index in [1.807, 2.05) is 12.1 Å². The van der Waals surface area contributed by atoms with Crippen LogP contribution in [0.15, 0.2) is 24.3 Å². The van der Waals surface area contributed by atoms with Crippen LogP contribution in [0, 0.1) is 11.3 Å². The predicted molar refractivity (Wildman–Crippen MR) is 77.5 cm³/mol. The first kappa shape index (κ1) is 14.8. The maximum absolute atomic E-state index is 8.84. The zero-order valence-corrected chi connectivity index (χ0v) is 12.0. The van der Waals surface area contributed by atoms with Crippen molar-refractivity contribution in [3.63, 3.8) is 0 Å². The van der Waals surface area contributed by atoms with Crippen LogP contribution in [-0.2, 0) is 11.3 Å². The van der Waals surface area contributed by atoms with Gasteiger partial charge in [0.2, 0.25) is 0 Å². The molecule has 1 aliphatic rings. The van der Waals surface area contributed by atoms with Crippen LogP contribution in [0.3, 0.4) is 0 Å². The monoisotopic (exact) mass is 274 g/mol. The van der Waals surface area contributed by atoms with Gasteiger partial charge < -0.3 is 9.47 Å². The molecule has 0 radical (unpaired) electrons. The Bertz CT molecular complexity index is 450. The zero-order chi connectivity index (χ0) is 14.2.